The lowest BCUT2D eigenvalue weighted by Gasteiger charge is -2.31. The maximum atomic E-state index is 14.1. The predicted octanol–water partition coefficient (Wildman–Crippen LogP) is 7.13. The molecule has 1 atom stereocenters. The summed E-state index contributed by atoms with van der Waals surface area (Å²) < 4.78 is 13.2. The van der Waals surface area contributed by atoms with Crippen LogP contribution in [0.3, 0.4) is 0 Å². The van der Waals surface area contributed by atoms with Gasteiger partial charge in [0, 0.05) is 28.4 Å². The zero-order chi connectivity index (χ0) is 26.2. The Kier molecular flexibility index (Phi) is 6.62. The minimum atomic E-state index is -0.227. The van der Waals surface area contributed by atoms with E-state index in [9.17, 15) is 4.79 Å². The van der Waals surface area contributed by atoms with Gasteiger partial charge in [0.2, 0.25) is 0 Å². The molecule has 0 radical (unpaired) electrons. The minimum Gasteiger partial charge on any atom is -0.493 e. The van der Waals surface area contributed by atoms with Crippen molar-refractivity contribution in [1.29, 1.82) is 0 Å². The predicted molar refractivity (Wildman–Crippen MR) is 152 cm³/mol. The molecule has 2 aromatic carbocycles. The number of hydrogen-bond donors (Lipinski definition) is 1. The zero-order valence-electron chi connectivity index (χ0n) is 22.1. The van der Waals surface area contributed by atoms with Crippen LogP contribution in [0.5, 0.6) is 11.5 Å². The molecule has 4 aromatic rings. The fraction of sp³-hybridized carbons (Fsp3) is 0.323. The average Bonchev–Trinajstić information content (AvgIpc) is 3.55. The molecule has 3 heterocycles. The molecule has 0 bridgehead atoms. The lowest BCUT2D eigenvalue weighted by molar-refractivity contribution is 0.194. The van der Waals surface area contributed by atoms with Gasteiger partial charge in [-0.05, 0) is 73.1 Å². The molecule has 6 nitrogen and oxygen atoms in total. The first-order valence-corrected chi connectivity index (χ1v) is 14.1. The number of aromatic nitrogens is 1. The number of aryl methyl sites for hydroxylation is 2. The summed E-state index contributed by atoms with van der Waals surface area (Å²) in [6.07, 6.45) is 7.78. The molecule has 0 fully saturated rings. The van der Waals surface area contributed by atoms with Crippen molar-refractivity contribution in [2.45, 2.75) is 51.6 Å². The maximum Gasteiger partial charge on any atom is 0.322 e. The van der Waals surface area contributed by atoms with Crippen molar-refractivity contribution in [3.63, 3.8) is 0 Å². The van der Waals surface area contributed by atoms with Gasteiger partial charge >= 0.3 is 6.03 Å². The van der Waals surface area contributed by atoms with E-state index in [1.807, 2.05) is 28.4 Å². The number of methoxy groups -OCH3 is 2. The van der Waals surface area contributed by atoms with Crippen LogP contribution in [-0.2, 0) is 25.8 Å². The van der Waals surface area contributed by atoms with Gasteiger partial charge in [-0.2, -0.15) is 0 Å². The third kappa shape index (κ3) is 4.25. The number of fused-ring (bicyclic) bond motifs is 5. The maximum absolute atomic E-state index is 14.1. The monoisotopic (exact) mass is 527 g/mol. The number of benzene rings is 2. The molecule has 2 aliphatic rings. The van der Waals surface area contributed by atoms with Gasteiger partial charge in [-0.15, -0.1) is 11.3 Å². The fourth-order valence-electron chi connectivity index (χ4n) is 5.78. The molecule has 2 aromatic heterocycles. The summed E-state index contributed by atoms with van der Waals surface area (Å²) in [5.41, 5.74) is 6.90. The number of nitrogens with zero attached hydrogens (tertiary/aromatic N) is 2. The van der Waals surface area contributed by atoms with E-state index in [1.165, 1.54) is 39.4 Å². The highest BCUT2D eigenvalue weighted by Gasteiger charge is 2.36. The van der Waals surface area contributed by atoms with Gasteiger partial charge in [-0.25, -0.2) is 4.79 Å². The van der Waals surface area contributed by atoms with E-state index in [2.05, 4.69) is 59.4 Å². The van der Waals surface area contributed by atoms with Gasteiger partial charge < -0.3 is 24.3 Å². The topological polar surface area (TPSA) is 55.7 Å². The molecule has 196 valence electrons. The van der Waals surface area contributed by atoms with Crippen molar-refractivity contribution in [2.24, 2.45) is 0 Å². The first-order valence-electron chi connectivity index (χ1n) is 13.3. The molecule has 6 rings (SSSR count). The summed E-state index contributed by atoms with van der Waals surface area (Å²) in [5.74, 6) is 1.21. The largest absolute Gasteiger partial charge is 0.493 e. The number of nitrogens with one attached hydrogen (secondary N) is 1. The van der Waals surface area contributed by atoms with Crippen LogP contribution in [0.1, 0.15) is 58.6 Å². The lowest BCUT2D eigenvalue weighted by Crippen LogP contribution is -2.38. The summed E-state index contributed by atoms with van der Waals surface area (Å²) in [5, 5.41) is 4.42. The highest BCUT2D eigenvalue weighted by atomic mass is 32.1. The molecule has 2 amide bonds. The third-order valence-electron chi connectivity index (χ3n) is 7.78. The van der Waals surface area contributed by atoms with E-state index in [1.54, 1.807) is 20.3 Å². The number of hydrogen-bond acceptors (Lipinski definition) is 4. The summed E-state index contributed by atoms with van der Waals surface area (Å²) in [7, 11) is 3.21. The van der Waals surface area contributed by atoms with Crippen molar-refractivity contribution in [3.05, 3.63) is 93.6 Å². The molecule has 1 aliphatic heterocycles. The molecule has 38 heavy (non-hydrogen) atoms. The van der Waals surface area contributed by atoms with Crippen LogP contribution < -0.4 is 14.8 Å². The molecule has 7 heteroatoms. The van der Waals surface area contributed by atoms with E-state index in [0.29, 0.717) is 23.7 Å². The Morgan fingerprint density at radius 1 is 1.00 bits per heavy atom. The van der Waals surface area contributed by atoms with Crippen molar-refractivity contribution < 1.29 is 14.3 Å². The van der Waals surface area contributed by atoms with Crippen molar-refractivity contribution in [3.8, 4) is 16.5 Å². The second kappa shape index (κ2) is 10.2. The van der Waals surface area contributed by atoms with Gasteiger partial charge in [-0.1, -0.05) is 31.2 Å². The SMILES string of the molecule is CCc1ccc(C2c3cccn3-c3sc4c(c3CN2C(=O)Nc2ccc(OC)c(OC)c2)CCCC4)cc1. The molecule has 1 aliphatic carbocycles. The van der Waals surface area contributed by atoms with Gasteiger partial charge in [-0.3, -0.25) is 0 Å². The summed E-state index contributed by atoms with van der Waals surface area (Å²) in [4.78, 5) is 17.6. The Labute approximate surface area is 227 Å². The second-order valence-corrected chi connectivity index (χ2v) is 11.0. The van der Waals surface area contributed by atoms with E-state index in [0.717, 1.165) is 30.5 Å². The van der Waals surface area contributed by atoms with Crippen molar-refractivity contribution >= 4 is 23.1 Å². The Bertz CT molecular complexity index is 1470. The standard InChI is InChI=1S/C31H33N3O3S/c1-4-20-11-13-21(14-12-20)29-25-9-7-17-33(25)30-24(23-8-5-6-10-28(23)38-30)19-34(29)31(35)32-22-15-16-26(36-2)27(18-22)37-3/h7,9,11-18,29H,4-6,8,10,19H2,1-3H3,(H,32,35). The molecular formula is C31H33N3O3S. The normalized spacial score (nSPS) is 16.2. The van der Waals surface area contributed by atoms with Crippen molar-refractivity contribution in [2.75, 3.05) is 19.5 Å². The third-order valence-corrected chi connectivity index (χ3v) is 9.11. The fourth-order valence-corrected chi connectivity index (χ4v) is 7.19. The Hall–Kier alpha value is -3.71. The Balaban J connectivity index is 1.45. The molecule has 1 N–H and O–H groups in total. The Morgan fingerprint density at radius 3 is 2.55 bits per heavy atom. The van der Waals surface area contributed by atoms with E-state index < -0.39 is 0 Å². The van der Waals surface area contributed by atoms with Crippen LogP contribution in [-0.4, -0.2) is 29.7 Å². The summed E-state index contributed by atoms with van der Waals surface area (Å²) in [6.45, 7) is 2.72. The summed E-state index contributed by atoms with van der Waals surface area (Å²) >= 11 is 1.90. The highest BCUT2D eigenvalue weighted by molar-refractivity contribution is 7.15. The number of thiophene rings is 1. The van der Waals surface area contributed by atoms with Crippen LogP contribution in [0, 0.1) is 0 Å². The van der Waals surface area contributed by atoms with E-state index in [4.69, 9.17) is 9.47 Å². The summed E-state index contributed by atoms with van der Waals surface area (Å²) in [6, 6.07) is 18.1. The number of ether oxygens (including phenoxy) is 2. The number of rotatable bonds is 5. The Morgan fingerprint density at radius 2 is 1.79 bits per heavy atom. The average molecular weight is 528 g/mol. The van der Waals surface area contributed by atoms with Crippen LogP contribution in [0.4, 0.5) is 10.5 Å². The van der Waals surface area contributed by atoms with Crippen LogP contribution >= 0.6 is 11.3 Å². The first-order chi connectivity index (χ1) is 18.6. The number of carbonyl (C=O) groups excluding carboxylic acids is 1. The number of amides is 2. The minimum absolute atomic E-state index is 0.141. The van der Waals surface area contributed by atoms with Gasteiger partial charge in [0.15, 0.2) is 11.5 Å². The van der Waals surface area contributed by atoms with Gasteiger partial charge in [0.1, 0.15) is 5.00 Å². The molecule has 1 unspecified atom stereocenters. The molecule has 0 spiro atoms. The van der Waals surface area contributed by atoms with E-state index in [-0.39, 0.29) is 12.1 Å². The second-order valence-electron chi connectivity index (χ2n) is 9.92. The first kappa shape index (κ1) is 24.6. The van der Waals surface area contributed by atoms with Crippen LogP contribution in [0.2, 0.25) is 0 Å². The van der Waals surface area contributed by atoms with Crippen LogP contribution in [0.25, 0.3) is 5.00 Å². The van der Waals surface area contributed by atoms with Crippen LogP contribution in [0.15, 0.2) is 60.8 Å². The lowest BCUT2D eigenvalue weighted by atomic mass is 9.95. The zero-order valence-corrected chi connectivity index (χ0v) is 22.9. The molecule has 0 saturated carbocycles. The van der Waals surface area contributed by atoms with Gasteiger partial charge in [0.25, 0.3) is 0 Å². The molecule has 0 saturated heterocycles. The number of carbonyl (C=O) groups is 1. The highest BCUT2D eigenvalue weighted by Crippen LogP contribution is 2.44. The van der Waals surface area contributed by atoms with E-state index >= 15 is 0 Å². The number of anilines is 1. The molecular weight excluding hydrogens is 494 g/mol. The number of urea groups is 1. The van der Waals surface area contributed by atoms with Gasteiger partial charge in [0.05, 0.1) is 32.5 Å². The quantitative estimate of drug-likeness (QED) is 0.300. The smallest absolute Gasteiger partial charge is 0.322 e. The van der Waals surface area contributed by atoms with Crippen molar-refractivity contribution in [1.82, 2.24) is 9.47 Å².